The highest BCUT2D eigenvalue weighted by Gasteiger charge is 2.11. The minimum absolute atomic E-state index is 0.0879. The molecule has 0 saturated heterocycles. The van der Waals surface area contributed by atoms with Crippen LogP contribution in [0.5, 0.6) is 0 Å². The lowest BCUT2D eigenvalue weighted by Crippen LogP contribution is -1.86. The van der Waals surface area contributed by atoms with E-state index in [4.69, 9.17) is 4.42 Å². The van der Waals surface area contributed by atoms with Crippen LogP contribution in [-0.4, -0.2) is 9.32 Å². The maximum Gasteiger partial charge on any atom is 0.269 e. The Balaban J connectivity index is 1.79. The third-order valence-electron chi connectivity index (χ3n) is 3.84. The van der Waals surface area contributed by atoms with E-state index in [-0.39, 0.29) is 5.69 Å². The van der Waals surface area contributed by atoms with Crippen LogP contribution in [-0.2, 0) is 0 Å². The van der Waals surface area contributed by atoms with Gasteiger partial charge in [-0.25, -0.2) is 0 Å². The van der Waals surface area contributed by atoms with E-state index in [2.05, 4.69) is 0 Å². The summed E-state index contributed by atoms with van der Waals surface area (Å²) >= 11 is 0. The van der Waals surface area contributed by atoms with Gasteiger partial charge < -0.3 is 4.42 Å². The second-order valence-corrected chi connectivity index (χ2v) is 5.19. The van der Waals surface area contributed by atoms with Crippen LogP contribution in [0.4, 0.5) is 5.69 Å². The van der Waals surface area contributed by atoms with Gasteiger partial charge in [0.25, 0.3) is 5.69 Å². The molecule has 4 aromatic rings. The van der Waals surface area contributed by atoms with E-state index in [0.29, 0.717) is 0 Å². The highest BCUT2D eigenvalue weighted by Crippen LogP contribution is 2.29. The Morgan fingerprint density at radius 3 is 2.61 bits per heavy atom. The van der Waals surface area contributed by atoms with Gasteiger partial charge in [0, 0.05) is 29.3 Å². The molecule has 0 N–H and O–H groups in total. The molecule has 0 aliphatic heterocycles. The number of nitro groups is 1. The van der Waals surface area contributed by atoms with Gasteiger partial charge >= 0.3 is 0 Å². The topological polar surface area (TPSA) is 60.7 Å². The summed E-state index contributed by atoms with van der Waals surface area (Å²) in [7, 11) is 0. The number of nitro benzene ring substituents is 1. The molecule has 0 aliphatic carbocycles. The van der Waals surface area contributed by atoms with E-state index >= 15 is 0 Å². The Kier molecular flexibility index (Phi) is 2.98. The molecule has 0 spiro atoms. The molecule has 0 fully saturated rings. The van der Waals surface area contributed by atoms with Crippen molar-refractivity contribution in [1.29, 1.82) is 0 Å². The van der Waals surface area contributed by atoms with Crippen LogP contribution in [0.15, 0.2) is 65.4 Å². The average Bonchev–Trinajstić information content (AvgIpc) is 3.15. The first kappa shape index (κ1) is 13.3. The third-order valence-corrected chi connectivity index (χ3v) is 3.84. The first-order valence-electron chi connectivity index (χ1n) is 7.13. The number of nitrogens with zero attached hydrogens (tertiary/aromatic N) is 2. The maximum absolute atomic E-state index is 10.7. The predicted molar refractivity (Wildman–Crippen MR) is 89.2 cm³/mol. The minimum Gasteiger partial charge on any atom is -0.446 e. The SMILES string of the molecule is O=[N+]([O-])c1ccc(C=Cc2c3ccccc3n3ccoc23)cc1. The minimum atomic E-state index is -0.402. The monoisotopic (exact) mass is 304 g/mol. The average molecular weight is 304 g/mol. The summed E-state index contributed by atoms with van der Waals surface area (Å²) in [5.74, 6) is 0. The molecule has 0 bridgehead atoms. The molecule has 0 atom stereocenters. The Morgan fingerprint density at radius 1 is 1.04 bits per heavy atom. The zero-order chi connectivity index (χ0) is 15.8. The normalized spacial score (nSPS) is 11.7. The van der Waals surface area contributed by atoms with E-state index in [1.807, 2.05) is 47.0 Å². The Hall–Kier alpha value is -3.34. The smallest absolute Gasteiger partial charge is 0.269 e. The fourth-order valence-corrected chi connectivity index (χ4v) is 2.74. The number of para-hydroxylation sites is 1. The van der Waals surface area contributed by atoms with Crippen molar-refractivity contribution in [3.8, 4) is 0 Å². The standard InChI is InChI=1S/C18H12N2O3/c21-20(22)14-8-5-13(6-9-14)7-10-16-15-3-1-2-4-17(15)19-11-12-23-18(16)19/h1-12H. The number of hydrogen-bond donors (Lipinski definition) is 0. The summed E-state index contributed by atoms with van der Waals surface area (Å²) in [6.07, 6.45) is 7.45. The van der Waals surface area contributed by atoms with Gasteiger partial charge in [-0.05, 0) is 29.8 Å². The van der Waals surface area contributed by atoms with E-state index in [1.54, 1.807) is 18.4 Å². The van der Waals surface area contributed by atoms with Crippen molar-refractivity contribution in [1.82, 2.24) is 4.40 Å². The van der Waals surface area contributed by atoms with Crippen molar-refractivity contribution in [3.05, 3.63) is 82.2 Å². The van der Waals surface area contributed by atoms with Crippen LogP contribution in [0.2, 0.25) is 0 Å². The van der Waals surface area contributed by atoms with E-state index < -0.39 is 4.92 Å². The lowest BCUT2D eigenvalue weighted by atomic mass is 10.1. The highest BCUT2D eigenvalue weighted by molar-refractivity contribution is 5.98. The first-order valence-corrected chi connectivity index (χ1v) is 7.13. The lowest BCUT2D eigenvalue weighted by Gasteiger charge is -1.94. The van der Waals surface area contributed by atoms with Gasteiger partial charge in [0.2, 0.25) is 5.71 Å². The molecule has 0 amide bonds. The zero-order valence-corrected chi connectivity index (χ0v) is 12.0. The van der Waals surface area contributed by atoms with Crippen LogP contribution in [0, 0.1) is 10.1 Å². The molecule has 0 unspecified atom stereocenters. The van der Waals surface area contributed by atoms with Crippen LogP contribution in [0.25, 0.3) is 28.8 Å². The van der Waals surface area contributed by atoms with E-state index in [0.717, 1.165) is 27.7 Å². The number of rotatable bonds is 3. The number of benzene rings is 2. The molecule has 2 aromatic carbocycles. The van der Waals surface area contributed by atoms with E-state index in [1.165, 1.54) is 12.1 Å². The van der Waals surface area contributed by atoms with Gasteiger partial charge in [-0.2, -0.15) is 0 Å². The van der Waals surface area contributed by atoms with Gasteiger partial charge in [0.05, 0.1) is 10.4 Å². The Morgan fingerprint density at radius 2 is 1.83 bits per heavy atom. The van der Waals surface area contributed by atoms with Crippen molar-refractivity contribution < 1.29 is 9.34 Å². The molecule has 112 valence electrons. The molecule has 2 aromatic heterocycles. The molecule has 2 heterocycles. The number of non-ortho nitro benzene ring substituents is 1. The summed E-state index contributed by atoms with van der Waals surface area (Å²) in [5, 5.41) is 11.8. The number of hydrogen-bond acceptors (Lipinski definition) is 3. The summed E-state index contributed by atoms with van der Waals surface area (Å²) in [5.41, 5.74) is 3.84. The Bertz CT molecular complexity index is 1040. The van der Waals surface area contributed by atoms with Crippen molar-refractivity contribution in [2.24, 2.45) is 0 Å². The molecule has 5 heteroatoms. The zero-order valence-electron chi connectivity index (χ0n) is 12.0. The summed E-state index contributed by atoms with van der Waals surface area (Å²) < 4.78 is 7.60. The van der Waals surface area contributed by atoms with Crippen molar-refractivity contribution in [2.75, 3.05) is 0 Å². The molecule has 0 saturated carbocycles. The number of oxazole rings is 1. The summed E-state index contributed by atoms with van der Waals surface area (Å²) in [4.78, 5) is 10.3. The predicted octanol–water partition coefficient (Wildman–Crippen LogP) is 4.76. The van der Waals surface area contributed by atoms with Gasteiger partial charge in [-0.1, -0.05) is 24.3 Å². The fourth-order valence-electron chi connectivity index (χ4n) is 2.74. The first-order chi connectivity index (χ1) is 11.2. The molecule has 5 nitrogen and oxygen atoms in total. The quantitative estimate of drug-likeness (QED) is 0.405. The fraction of sp³-hybridized carbons (Fsp3) is 0. The summed E-state index contributed by atoms with van der Waals surface area (Å²) in [6, 6.07) is 14.5. The maximum atomic E-state index is 10.7. The number of aromatic nitrogens is 1. The van der Waals surface area contributed by atoms with Crippen LogP contribution < -0.4 is 0 Å². The summed E-state index contributed by atoms with van der Waals surface area (Å²) in [6.45, 7) is 0. The molecular formula is C18H12N2O3. The highest BCUT2D eigenvalue weighted by atomic mass is 16.6. The Labute approximate surface area is 131 Å². The van der Waals surface area contributed by atoms with Gasteiger partial charge in [0.1, 0.15) is 6.26 Å². The van der Waals surface area contributed by atoms with Crippen LogP contribution in [0.1, 0.15) is 11.1 Å². The number of fused-ring (bicyclic) bond motifs is 3. The van der Waals surface area contributed by atoms with Crippen molar-refractivity contribution >= 4 is 34.5 Å². The van der Waals surface area contributed by atoms with Crippen LogP contribution in [0.3, 0.4) is 0 Å². The second-order valence-electron chi connectivity index (χ2n) is 5.19. The molecule has 4 rings (SSSR count). The molecular weight excluding hydrogens is 292 g/mol. The van der Waals surface area contributed by atoms with Gasteiger partial charge in [-0.3, -0.25) is 14.5 Å². The van der Waals surface area contributed by atoms with Crippen LogP contribution >= 0.6 is 0 Å². The van der Waals surface area contributed by atoms with Crippen molar-refractivity contribution in [2.45, 2.75) is 0 Å². The lowest BCUT2D eigenvalue weighted by molar-refractivity contribution is -0.384. The largest absolute Gasteiger partial charge is 0.446 e. The van der Waals surface area contributed by atoms with Gasteiger partial charge in [0.15, 0.2) is 0 Å². The molecule has 0 aliphatic rings. The third kappa shape index (κ3) is 2.19. The van der Waals surface area contributed by atoms with E-state index in [9.17, 15) is 10.1 Å². The second kappa shape index (κ2) is 5.14. The van der Waals surface area contributed by atoms with Crippen molar-refractivity contribution in [3.63, 3.8) is 0 Å². The molecule has 23 heavy (non-hydrogen) atoms. The molecule has 0 radical (unpaired) electrons. The van der Waals surface area contributed by atoms with Gasteiger partial charge in [-0.15, -0.1) is 0 Å².